The second-order valence-electron chi connectivity index (χ2n) is 5.30. The molecule has 1 aromatic rings. The van der Waals surface area contributed by atoms with Crippen molar-refractivity contribution in [1.29, 1.82) is 0 Å². The summed E-state index contributed by atoms with van der Waals surface area (Å²) in [7, 11) is 1.52. The summed E-state index contributed by atoms with van der Waals surface area (Å²) in [6.45, 7) is 0. The van der Waals surface area contributed by atoms with Gasteiger partial charge in [-0.05, 0) is 25.7 Å². The van der Waals surface area contributed by atoms with Crippen LogP contribution in [0.5, 0.6) is 6.01 Å². The molecule has 102 valence electrons. The summed E-state index contributed by atoms with van der Waals surface area (Å²) in [4.78, 5) is 20.6. The van der Waals surface area contributed by atoms with Gasteiger partial charge in [0.25, 0.3) is 0 Å². The number of hydrogen-bond donors (Lipinski definition) is 0. The van der Waals surface area contributed by atoms with Gasteiger partial charge in [-0.1, -0.05) is 6.42 Å². The van der Waals surface area contributed by atoms with Crippen molar-refractivity contribution in [2.75, 3.05) is 7.11 Å². The van der Waals surface area contributed by atoms with Gasteiger partial charge in [0.1, 0.15) is 0 Å². The molecule has 0 aromatic carbocycles. The van der Waals surface area contributed by atoms with Gasteiger partial charge >= 0.3 is 6.01 Å². The Kier molecular flexibility index (Phi) is 3.73. The number of ketones is 1. The zero-order valence-corrected chi connectivity index (χ0v) is 11.9. The lowest BCUT2D eigenvalue weighted by Crippen LogP contribution is -2.33. The minimum absolute atomic E-state index is 0.161. The first-order valence-electron chi connectivity index (χ1n) is 6.82. The van der Waals surface area contributed by atoms with Gasteiger partial charge in [0.05, 0.1) is 12.7 Å². The summed E-state index contributed by atoms with van der Waals surface area (Å²) < 4.78 is 4.92. The highest BCUT2D eigenvalue weighted by Gasteiger charge is 2.36. The summed E-state index contributed by atoms with van der Waals surface area (Å²) in [5.74, 6) is 0.369. The van der Waals surface area contributed by atoms with E-state index >= 15 is 0 Å². The van der Waals surface area contributed by atoms with Gasteiger partial charge in [-0.15, -0.1) is 0 Å². The highest BCUT2D eigenvalue weighted by molar-refractivity contribution is 8.00. The van der Waals surface area contributed by atoms with Crippen molar-refractivity contribution >= 4 is 17.5 Å². The van der Waals surface area contributed by atoms with E-state index in [1.165, 1.54) is 26.4 Å². The Morgan fingerprint density at radius 1 is 1.26 bits per heavy atom. The van der Waals surface area contributed by atoms with Gasteiger partial charge < -0.3 is 4.74 Å². The molecule has 0 spiro atoms. The summed E-state index contributed by atoms with van der Waals surface area (Å²) in [5.41, 5.74) is 0.621. The highest BCUT2D eigenvalue weighted by Crippen LogP contribution is 2.44. The molecule has 5 heteroatoms. The van der Waals surface area contributed by atoms with Crippen LogP contribution in [0.4, 0.5) is 0 Å². The molecule has 0 aliphatic carbocycles. The van der Waals surface area contributed by atoms with Crippen LogP contribution in [0.2, 0.25) is 0 Å². The van der Waals surface area contributed by atoms with Crippen LogP contribution >= 0.6 is 11.8 Å². The molecule has 0 amide bonds. The zero-order chi connectivity index (χ0) is 13.2. The maximum Gasteiger partial charge on any atom is 0.316 e. The van der Waals surface area contributed by atoms with Crippen LogP contribution in [0, 0.1) is 5.92 Å². The molecule has 2 aliphatic heterocycles. The standard InChI is InChI=1S/C14H18N2O2S/c1-18-14-15-7-10(8-16-14)13(17)9-5-11-3-2-4-12(6-9)19-11/h7-9,11-12H,2-6H2,1H3. The Bertz CT molecular complexity index is 451. The van der Waals surface area contributed by atoms with E-state index in [-0.39, 0.29) is 11.7 Å². The Labute approximate surface area is 117 Å². The van der Waals surface area contributed by atoms with Gasteiger partial charge in [0.15, 0.2) is 5.78 Å². The molecular weight excluding hydrogens is 260 g/mol. The fourth-order valence-electron chi connectivity index (χ4n) is 3.06. The van der Waals surface area contributed by atoms with Crippen molar-refractivity contribution in [3.63, 3.8) is 0 Å². The number of ether oxygens (including phenoxy) is 1. The van der Waals surface area contributed by atoms with Gasteiger partial charge in [-0.2, -0.15) is 11.8 Å². The fraction of sp³-hybridized carbons (Fsp3) is 0.643. The third kappa shape index (κ3) is 2.76. The van der Waals surface area contributed by atoms with Crippen molar-refractivity contribution in [2.45, 2.75) is 42.6 Å². The smallest absolute Gasteiger partial charge is 0.316 e. The Morgan fingerprint density at radius 2 is 1.89 bits per heavy atom. The van der Waals surface area contributed by atoms with Crippen LogP contribution in [0.3, 0.4) is 0 Å². The number of carbonyl (C=O) groups excluding carboxylic acids is 1. The van der Waals surface area contributed by atoms with E-state index in [9.17, 15) is 4.79 Å². The lowest BCUT2D eigenvalue weighted by molar-refractivity contribution is 0.0896. The van der Waals surface area contributed by atoms with Crippen molar-refractivity contribution < 1.29 is 9.53 Å². The molecule has 0 N–H and O–H groups in total. The highest BCUT2D eigenvalue weighted by atomic mass is 32.2. The monoisotopic (exact) mass is 278 g/mol. The SMILES string of the molecule is COc1ncc(C(=O)C2CC3CCCC(C2)S3)cn1. The predicted octanol–water partition coefficient (Wildman–Crippen LogP) is 2.73. The molecule has 2 atom stereocenters. The molecular formula is C14H18N2O2S. The second-order valence-corrected chi connectivity index (χ2v) is 6.91. The van der Waals surface area contributed by atoms with E-state index < -0.39 is 0 Å². The molecule has 3 rings (SSSR count). The molecule has 2 fully saturated rings. The summed E-state index contributed by atoms with van der Waals surface area (Å²) in [6.07, 6.45) is 9.08. The van der Waals surface area contributed by atoms with E-state index in [4.69, 9.17) is 4.74 Å². The van der Waals surface area contributed by atoms with Crippen molar-refractivity contribution in [1.82, 2.24) is 9.97 Å². The predicted molar refractivity (Wildman–Crippen MR) is 74.7 cm³/mol. The van der Waals surface area contributed by atoms with E-state index in [0.29, 0.717) is 22.1 Å². The van der Waals surface area contributed by atoms with Crippen LogP contribution in [0.15, 0.2) is 12.4 Å². The van der Waals surface area contributed by atoms with Crippen LogP contribution in [0.1, 0.15) is 42.5 Å². The molecule has 2 bridgehead atoms. The van der Waals surface area contributed by atoms with E-state index in [1.807, 2.05) is 0 Å². The molecule has 3 heterocycles. The number of nitrogens with zero attached hydrogens (tertiary/aromatic N) is 2. The Morgan fingerprint density at radius 3 is 2.47 bits per heavy atom. The first-order chi connectivity index (χ1) is 9.26. The largest absolute Gasteiger partial charge is 0.467 e. The minimum atomic E-state index is 0.161. The first-order valence-corrected chi connectivity index (χ1v) is 7.76. The molecule has 4 nitrogen and oxygen atoms in total. The van der Waals surface area contributed by atoms with Gasteiger partial charge in [0.2, 0.25) is 0 Å². The maximum absolute atomic E-state index is 12.5. The van der Waals surface area contributed by atoms with Crippen LogP contribution < -0.4 is 4.74 Å². The van der Waals surface area contributed by atoms with Gasteiger partial charge in [-0.3, -0.25) is 4.79 Å². The van der Waals surface area contributed by atoms with E-state index in [1.54, 1.807) is 12.4 Å². The normalized spacial score (nSPS) is 29.8. The van der Waals surface area contributed by atoms with Gasteiger partial charge in [-0.25, -0.2) is 9.97 Å². The molecule has 2 saturated heterocycles. The van der Waals surface area contributed by atoms with Gasteiger partial charge in [0, 0.05) is 28.8 Å². The van der Waals surface area contributed by atoms with E-state index in [0.717, 1.165) is 12.8 Å². The number of fused-ring (bicyclic) bond motifs is 2. The summed E-state index contributed by atoms with van der Waals surface area (Å²) in [5, 5.41) is 1.36. The number of aromatic nitrogens is 2. The average Bonchev–Trinajstić information content (AvgIpc) is 2.46. The lowest BCUT2D eigenvalue weighted by Gasteiger charge is -2.37. The van der Waals surface area contributed by atoms with Crippen molar-refractivity contribution in [2.24, 2.45) is 5.92 Å². The second kappa shape index (κ2) is 5.49. The third-order valence-electron chi connectivity index (χ3n) is 4.00. The molecule has 2 unspecified atom stereocenters. The lowest BCUT2D eigenvalue weighted by atomic mass is 9.85. The molecule has 0 saturated carbocycles. The maximum atomic E-state index is 12.5. The quantitative estimate of drug-likeness (QED) is 0.796. The third-order valence-corrected chi connectivity index (χ3v) is 5.62. The first kappa shape index (κ1) is 12.9. The van der Waals surface area contributed by atoms with Crippen LogP contribution in [-0.2, 0) is 0 Å². The summed E-state index contributed by atoms with van der Waals surface area (Å²) >= 11 is 2.09. The number of Topliss-reactive ketones (excluding diaryl/α,β-unsaturated/α-hetero) is 1. The minimum Gasteiger partial charge on any atom is -0.467 e. The van der Waals surface area contributed by atoms with Crippen molar-refractivity contribution in [3.8, 4) is 6.01 Å². The van der Waals surface area contributed by atoms with E-state index in [2.05, 4.69) is 21.7 Å². The fourth-order valence-corrected chi connectivity index (χ4v) is 4.89. The number of rotatable bonds is 3. The number of thioether (sulfide) groups is 1. The Hall–Kier alpha value is -1.10. The van der Waals surface area contributed by atoms with Crippen LogP contribution in [0.25, 0.3) is 0 Å². The topological polar surface area (TPSA) is 52.1 Å². The Balaban J connectivity index is 1.72. The number of methoxy groups -OCH3 is 1. The zero-order valence-electron chi connectivity index (χ0n) is 11.0. The summed E-state index contributed by atoms with van der Waals surface area (Å²) in [6, 6.07) is 0.313. The average molecular weight is 278 g/mol. The van der Waals surface area contributed by atoms with Crippen molar-refractivity contribution in [3.05, 3.63) is 18.0 Å². The molecule has 2 aliphatic rings. The number of carbonyl (C=O) groups is 1. The molecule has 19 heavy (non-hydrogen) atoms. The number of hydrogen-bond acceptors (Lipinski definition) is 5. The van der Waals surface area contributed by atoms with Crippen LogP contribution in [-0.4, -0.2) is 33.4 Å². The molecule has 0 radical (unpaired) electrons. The molecule has 1 aromatic heterocycles.